The van der Waals surface area contributed by atoms with Crippen LogP contribution in [0.5, 0.6) is 11.5 Å². The highest BCUT2D eigenvalue weighted by atomic mass is 32.2. The second-order valence-electron chi connectivity index (χ2n) is 6.34. The summed E-state index contributed by atoms with van der Waals surface area (Å²) in [5, 5.41) is 5.07. The number of hydrogen-bond donors (Lipinski definition) is 1. The Bertz CT molecular complexity index is 1020. The van der Waals surface area contributed by atoms with Crippen LogP contribution >= 0.6 is 23.1 Å². The number of pyridine rings is 1. The zero-order valence-corrected chi connectivity index (χ0v) is 17.8. The Labute approximate surface area is 177 Å². The number of nitrogens with zero attached hydrogens (tertiary/aromatic N) is 2. The minimum Gasteiger partial charge on any atom is -0.493 e. The predicted octanol–water partition coefficient (Wildman–Crippen LogP) is 4.33. The van der Waals surface area contributed by atoms with Gasteiger partial charge >= 0.3 is 0 Å². The number of methoxy groups -OCH3 is 2. The van der Waals surface area contributed by atoms with Gasteiger partial charge in [-0.2, -0.15) is 0 Å². The van der Waals surface area contributed by atoms with Gasteiger partial charge in [-0.25, -0.2) is 4.98 Å². The van der Waals surface area contributed by atoms with Crippen LogP contribution in [-0.2, 0) is 6.54 Å². The van der Waals surface area contributed by atoms with Crippen LogP contribution in [0.4, 0.5) is 10.7 Å². The minimum atomic E-state index is -0.0890. The number of anilines is 2. The smallest absolute Gasteiger partial charge is 0.261 e. The van der Waals surface area contributed by atoms with E-state index in [1.54, 1.807) is 26.0 Å². The van der Waals surface area contributed by atoms with Crippen LogP contribution in [0.2, 0.25) is 0 Å². The van der Waals surface area contributed by atoms with E-state index in [2.05, 4.69) is 21.3 Å². The number of carbonyl (C=O) groups excluding carboxylic acids is 1. The summed E-state index contributed by atoms with van der Waals surface area (Å²) in [6.45, 7) is 1.32. The van der Waals surface area contributed by atoms with E-state index in [-0.39, 0.29) is 5.91 Å². The van der Waals surface area contributed by atoms with E-state index in [1.807, 2.05) is 42.6 Å². The lowest BCUT2D eigenvalue weighted by atomic mass is 10.2. The maximum absolute atomic E-state index is 12.6. The highest BCUT2D eigenvalue weighted by Crippen LogP contribution is 2.40. The van der Waals surface area contributed by atoms with Gasteiger partial charge < -0.3 is 19.7 Å². The van der Waals surface area contributed by atoms with Gasteiger partial charge in [-0.3, -0.25) is 4.79 Å². The van der Waals surface area contributed by atoms with Crippen LogP contribution in [0.15, 0.2) is 53.7 Å². The topological polar surface area (TPSA) is 63.7 Å². The molecule has 0 unspecified atom stereocenters. The van der Waals surface area contributed by atoms with Crippen molar-refractivity contribution in [1.82, 2.24) is 10.3 Å². The van der Waals surface area contributed by atoms with Crippen molar-refractivity contribution >= 4 is 39.7 Å². The third-order valence-electron chi connectivity index (χ3n) is 4.58. The van der Waals surface area contributed by atoms with Crippen molar-refractivity contribution in [3.05, 3.63) is 59.1 Å². The van der Waals surface area contributed by atoms with E-state index >= 15 is 0 Å². The van der Waals surface area contributed by atoms with Crippen LogP contribution in [0.25, 0.3) is 0 Å². The van der Waals surface area contributed by atoms with E-state index in [1.165, 1.54) is 11.3 Å². The minimum absolute atomic E-state index is 0.0890. The van der Waals surface area contributed by atoms with Crippen LogP contribution in [0, 0.1) is 0 Å². The molecule has 1 N–H and O–H groups in total. The van der Waals surface area contributed by atoms with Gasteiger partial charge in [0.2, 0.25) is 0 Å². The number of aromatic nitrogens is 1. The molecule has 1 amide bonds. The second-order valence-corrected chi connectivity index (χ2v) is 8.48. The molecule has 6 nitrogen and oxygen atoms in total. The lowest BCUT2D eigenvalue weighted by molar-refractivity contribution is 0.0955. The first kappa shape index (κ1) is 19.6. The van der Waals surface area contributed by atoms with Crippen molar-refractivity contribution in [2.45, 2.75) is 11.6 Å². The molecule has 0 bridgehead atoms. The molecule has 0 saturated heterocycles. The molecule has 3 heterocycles. The molecule has 1 aliphatic heterocycles. The summed E-state index contributed by atoms with van der Waals surface area (Å²) in [6, 6.07) is 13.5. The summed E-state index contributed by atoms with van der Waals surface area (Å²) in [6.07, 6.45) is 1.82. The Morgan fingerprint density at radius 1 is 1.17 bits per heavy atom. The lowest BCUT2D eigenvalue weighted by Crippen LogP contribution is -2.23. The molecule has 0 fully saturated rings. The number of thioether (sulfide) groups is 1. The fourth-order valence-corrected chi connectivity index (χ4v) is 5.03. The normalized spacial score (nSPS) is 13.0. The van der Waals surface area contributed by atoms with E-state index < -0.39 is 0 Å². The molecule has 3 aromatic rings. The standard InChI is InChI=1S/C21H21N3O3S2/c1-26-16-6-5-14(12-17(16)27-2)13-23-20(25)18-7-8-19(29-18)24-10-11-28-21-15(24)4-3-9-22-21/h3-9,12H,10-11,13H2,1-2H3,(H,23,25). The van der Waals surface area contributed by atoms with Gasteiger partial charge in [0.05, 0.1) is 29.8 Å². The van der Waals surface area contributed by atoms with Crippen LogP contribution in [-0.4, -0.2) is 37.4 Å². The van der Waals surface area contributed by atoms with E-state index in [0.717, 1.165) is 33.6 Å². The van der Waals surface area contributed by atoms with Crippen LogP contribution < -0.4 is 19.7 Å². The van der Waals surface area contributed by atoms with Crippen molar-refractivity contribution < 1.29 is 14.3 Å². The van der Waals surface area contributed by atoms with E-state index in [9.17, 15) is 4.79 Å². The number of fused-ring (bicyclic) bond motifs is 1. The molecular formula is C21H21N3O3S2. The quantitative estimate of drug-likeness (QED) is 0.632. The molecule has 1 aromatic carbocycles. The number of hydrogen-bond acceptors (Lipinski definition) is 7. The van der Waals surface area contributed by atoms with Gasteiger partial charge in [-0.1, -0.05) is 6.07 Å². The predicted molar refractivity (Wildman–Crippen MR) is 117 cm³/mol. The second kappa shape index (κ2) is 8.75. The molecular weight excluding hydrogens is 406 g/mol. The fraction of sp³-hybridized carbons (Fsp3) is 0.238. The van der Waals surface area contributed by atoms with Gasteiger partial charge in [0.25, 0.3) is 5.91 Å². The Balaban J connectivity index is 1.44. The lowest BCUT2D eigenvalue weighted by Gasteiger charge is -2.28. The largest absolute Gasteiger partial charge is 0.493 e. The molecule has 29 heavy (non-hydrogen) atoms. The molecule has 0 spiro atoms. The highest BCUT2D eigenvalue weighted by molar-refractivity contribution is 7.99. The van der Waals surface area contributed by atoms with Crippen molar-refractivity contribution in [2.24, 2.45) is 0 Å². The fourth-order valence-electron chi connectivity index (χ4n) is 3.14. The molecule has 1 aliphatic rings. The first-order chi connectivity index (χ1) is 14.2. The number of thiophene rings is 1. The maximum Gasteiger partial charge on any atom is 0.261 e. The average Bonchev–Trinajstić information content (AvgIpc) is 3.27. The summed E-state index contributed by atoms with van der Waals surface area (Å²) in [5.41, 5.74) is 2.05. The average molecular weight is 428 g/mol. The highest BCUT2D eigenvalue weighted by Gasteiger charge is 2.21. The van der Waals surface area contributed by atoms with E-state index in [0.29, 0.717) is 22.9 Å². The first-order valence-electron chi connectivity index (χ1n) is 9.14. The molecule has 150 valence electrons. The number of carbonyl (C=O) groups is 1. The van der Waals surface area contributed by atoms with Gasteiger partial charge in [-0.05, 0) is 42.0 Å². The number of ether oxygens (including phenoxy) is 2. The molecule has 2 aromatic heterocycles. The van der Waals surface area contributed by atoms with Gasteiger partial charge in [0.15, 0.2) is 11.5 Å². The molecule has 4 rings (SSSR count). The molecule has 0 atom stereocenters. The summed E-state index contributed by atoms with van der Waals surface area (Å²) < 4.78 is 10.6. The van der Waals surface area contributed by atoms with Crippen molar-refractivity contribution in [3.8, 4) is 11.5 Å². The molecule has 0 aliphatic carbocycles. The Hall–Kier alpha value is -2.71. The van der Waals surface area contributed by atoms with Crippen molar-refractivity contribution in [3.63, 3.8) is 0 Å². The third-order valence-corrected chi connectivity index (χ3v) is 6.66. The Kier molecular flexibility index (Phi) is 5.92. The number of amides is 1. The summed E-state index contributed by atoms with van der Waals surface area (Å²) in [4.78, 5) is 20.0. The number of rotatable bonds is 6. The zero-order chi connectivity index (χ0) is 20.2. The van der Waals surface area contributed by atoms with Gasteiger partial charge in [0.1, 0.15) is 5.03 Å². The van der Waals surface area contributed by atoms with Gasteiger partial charge in [0, 0.05) is 25.0 Å². The van der Waals surface area contributed by atoms with Crippen molar-refractivity contribution in [1.29, 1.82) is 0 Å². The van der Waals surface area contributed by atoms with Gasteiger partial charge in [-0.15, -0.1) is 23.1 Å². The number of nitrogens with one attached hydrogen (secondary N) is 1. The molecule has 0 saturated carbocycles. The Morgan fingerprint density at radius 2 is 2.03 bits per heavy atom. The number of benzene rings is 1. The molecule has 0 radical (unpaired) electrons. The van der Waals surface area contributed by atoms with Crippen LogP contribution in [0.1, 0.15) is 15.2 Å². The van der Waals surface area contributed by atoms with E-state index in [4.69, 9.17) is 9.47 Å². The monoisotopic (exact) mass is 427 g/mol. The van der Waals surface area contributed by atoms with Crippen LogP contribution in [0.3, 0.4) is 0 Å². The summed E-state index contributed by atoms with van der Waals surface area (Å²) >= 11 is 3.26. The summed E-state index contributed by atoms with van der Waals surface area (Å²) in [7, 11) is 3.20. The zero-order valence-electron chi connectivity index (χ0n) is 16.2. The Morgan fingerprint density at radius 3 is 2.86 bits per heavy atom. The maximum atomic E-state index is 12.6. The first-order valence-corrected chi connectivity index (χ1v) is 10.9. The van der Waals surface area contributed by atoms with Crippen molar-refractivity contribution in [2.75, 3.05) is 31.4 Å². The SMILES string of the molecule is COc1ccc(CNC(=O)c2ccc(N3CCSc4ncccc43)s2)cc1OC. The summed E-state index contributed by atoms with van der Waals surface area (Å²) in [5.74, 6) is 2.20. The molecule has 8 heteroatoms. The third kappa shape index (κ3) is 4.18.